The predicted molar refractivity (Wildman–Crippen MR) is 105 cm³/mol. The molecule has 2 heterocycles. The fraction of sp³-hybridized carbons (Fsp3) is 0.316. The van der Waals surface area contributed by atoms with E-state index < -0.39 is 40.8 Å². The van der Waals surface area contributed by atoms with Gasteiger partial charge in [0.1, 0.15) is 17.6 Å². The summed E-state index contributed by atoms with van der Waals surface area (Å²) < 4.78 is 53.5. The number of carbonyl (C=O) groups excluding carboxylic acids is 2. The number of carbonyl (C=O) groups is 2. The molecule has 1 fully saturated rings. The maximum atomic E-state index is 14.9. The molecular formula is C19H16Cl2F4N4O2. The molecule has 1 aromatic carbocycles. The van der Waals surface area contributed by atoms with E-state index in [2.05, 4.69) is 15.6 Å². The Morgan fingerprint density at radius 3 is 2.61 bits per heavy atom. The van der Waals surface area contributed by atoms with Gasteiger partial charge in [-0.2, -0.15) is 13.2 Å². The van der Waals surface area contributed by atoms with Gasteiger partial charge in [0.05, 0.1) is 16.1 Å². The largest absolute Gasteiger partial charge is 0.433 e. The zero-order valence-electron chi connectivity index (χ0n) is 15.9. The number of nitrogens with one attached hydrogen (secondary N) is 2. The van der Waals surface area contributed by atoms with Gasteiger partial charge in [0.2, 0.25) is 5.91 Å². The van der Waals surface area contributed by atoms with E-state index in [1.807, 2.05) is 0 Å². The Labute approximate surface area is 184 Å². The van der Waals surface area contributed by atoms with Crippen LogP contribution in [0.5, 0.6) is 0 Å². The van der Waals surface area contributed by atoms with E-state index in [4.69, 9.17) is 23.2 Å². The molecule has 0 spiro atoms. The van der Waals surface area contributed by atoms with Gasteiger partial charge >= 0.3 is 12.2 Å². The number of aromatic nitrogens is 1. The van der Waals surface area contributed by atoms with Gasteiger partial charge in [-0.25, -0.2) is 9.18 Å². The third kappa shape index (κ3) is 4.85. The Balaban J connectivity index is 2.00. The molecule has 6 nitrogen and oxygen atoms in total. The smallest absolute Gasteiger partial charge is 0.353 e. The van der Waals surface area contributed by atoms with Gasteiger partial charge in [0, 0.05) is 24.8 Å². The normalized spacial score (nSPS) is 17.8. The number of piperazine rings is 1. The average molecular weight is 479 g/mol. The lowest BCUT2D eigenvalue weighted by atomic mass is 9.99. The molecular weight excluding hydrogens is 463 g/mol. The van der Waals surface area contributed by atoms with E-state index in [0.717, 1.165) is 18.3 Å². The van der Waals surface area contributed by atoms with Crippen molar-refractivity contribution >= 4 is 35.1 Å². The second-order valence-electron chi connectivity index (χ2n) is 6.78. The predicted octanol–water partition coefficient (Wildman–Crippen LogP) is 4.17. The molecule has 3 rings (SSSR count). The third-order valence-electron chi connectivity index (χ3n) is 4.81. The number of halogens is 6. The van der Waals surface area contributed by atoms with Crippen LogP contribution >= 0.6 is 23.2 Å². The number of hydrogen-bond donors (Lipinski definition) is 2. The van der Waals surface area contributed by atoms with Crippen LogP contribution in [-0.4, -0.2) is 41.0 Å². The Bertz CT molecular complexity index is 1000. The highest BCUT2D eigenvalue weighted by Crippen LogP contribution is 2.34. The number of benzene rings is 1. The SMILES string of the molecule is C[C@@H]1C(=O)NCCN1C(=O)NC(c1ccc(C(F)(F)F)nc1)c1ccc(Cl)c(Cl)c1F. The minimum Gasteiger partial charge on any atom is -0.353 e. The van der Waals surface area contributed by atoms with Crippen LogP contribution in [0.25, 0.3) is 0 Å². The molecule has 1 aliphatic heterocycles. The van der Waals surface area contributed by atoms with Crippen molar-refractivity contribution in [3.05, 3.63) is 63.1 Å². The van der Waals surface area contributed by atoms with E-state index in [1.54, 1.807) is 0 Å². The molecule has 1 unspecified atom stereocenters. The van der Waals surface area contributed by atoms with Crippen LogP contribution in [0.15, 0.2) is 30.5 Å². The summed E-state index contributed by atoms with van der Waals surface area (Å²) in [5.74, 6) is -1.31. The van der Waals surface area contributed by atoms with E-state index in [0.29, 0.717) is 0 Å². The van der Waals surface area contributed by atoms with Gasteiger partial charge in [-0.3, -0.25) is 9.78 Å². The molecule has 2 N–H and O–H groups in total. The molecule has 2 aromatic rings. The lowest BCUT2D eigenvalue weighted by Gasteiger charge is -2.34. The minimum absolute atomic E-state index is 0.0696. The number of alkyl halides is 3. The monoisotopic (exact) mass is 478 g/mol. The Morgan fingerprint density at radius 2 is 2.00 bits per heavy atom. The molecule has 1 saturated heterocycles. The fourth-order valence-corrected chi connectivity index (χ4v) is 3.43. The molecule has 166 valence electrons. The molecule has 2 atom stereocenters. The van der Waals surface area contributed by atoms with Crippen LogP contribution in [0, 0.1) is 5.82 Å². The van der Waals surface area contributed by atoms with E-state index >= 15 is 0 Å². The van der Waals surface area contributed by atoms with Gasteiger partial charge in [0.15, 0.2) is 0 Å². The van der Waals surface area contributed by atoms with Gasteiger partial charge in [0.25, 0.3) is 0 Å². The lowest BCUT2D eigenvalue weighted by Crippen LogP contribution is -2.58. The number of urea groups is 1. The van der Waals surface area contributed by atoms with Gasteiger partial charge in [-0.1, -0.05) is 35.3 Å². The summed E-state index contributed by atoms with van der Waals surface area (Å²) >= 11 is 11.7. The maximum absolute atomic E-state index is 14.9. The van der Waals surface area contributed by atoms with Crippen molar-refractivity contribution in [3.63, 3.8) is 0 Å². The van der Waals surface area contributed by atoms with E-state index in [9.17, 15) is 27.2 Å². The van der Waals surface area contributed by atoms with Crippen molar-refractivity contribution < 1.29 is 27.2 Å². The van der Waals surface area contributed by atoms with Crippen LogP contribution in [0.4, 0.5) is 22.4 Å². The topological polar surface area (TPSA) is 74.3 Å². The van der Waals surface area contributed by atoms with Crippen LogP contribution < -0.4 is 10.6 Å². The Hall–Kier alpha value is -2.59. The molecule has 0 aliphatic carbocycles. The van der Waals surface area contributed by atoms with Crippen molar-refractivity contribution in [2.45, 2.75) is 25.2 Å². The van der Waals surface area contributed by atoms with Crippen LogP contribution in [-0.2, 0) is 11.0 Å². The van der Waals surface area contributed by atoms with Crippen molar-refractivity contribution in [2.24, 2.45) is 0 Å². The van der Waals surface area contributed by atoms with Crippen molar-refractivity contribution in [2.75, 3.05) is 13.1 Å². The summed E-state index contributed by atoms with van der Waals surface area (Å²) in [6, 6.07) is 1.62. The minimum atomic E-state index is -4.66. The van der Waals surface area contributed by atoms with Crippen LogP contribution in [0.2, 0.25) is 10.0 Å². The molecule has 12 heteroatoms. The molecule has 0 bridgehead atoms. The molecule has 0 radical (unpaired) electrons. The summed E-state index contributed by atoms with van der Waals surface area (Å²) in [5.41, 5.74) is -1.19. The van der Waals surface area contributed by atoms with Crippen molar-refractivity contribution in [3.8, 4) is 0 Å². The number of pyridine rings is 1. The number of hydrogen-bond acceptors (Lipinski definition) is 3. The Kier molecular flexibility index (Phi) is 6.61. The Morgan fingerprint density at radius 1 is 1.29 bits per heavy atom. The highest BCUT2D eigenvalue weighted by Gasteiger charge is 2.34. The van der Waals surface area contributed by atoms with Crippen LogP contribution in [0.3, 0.4) is 0 Å². The van der Waals surface area contributed by atoms with Gasteiger partial charge < -0.3 is 15.5 Å². The number of amides is 3. The second-order valence-corrected chi connectivity index (χ2v) is 7.57. The summed E-state index contributed by atoms with van der Waals surface area (Å²) in [6.07, 6.45) is -3.77. The second kappa shape index (κ2) is 8.88. The average Bonchev–Trinajstić information content (AvgIpc) is 2.72. The van der Waals surface area contributed by atoms with E-state index in [1.165, 1.54) is 24.0 Å². The zero-order valence-corrected chi connectivity index (χ0v) is 17.4. The van der Waals surface area contributed by atoms with Crippen molar-refractivity contribution in [1.29, 1.82) is 0 Å². The third-order valence-corrected chi connectivity index (χ3v) is 5.59. The molecule has 31 heavy (non-hydrogen) atoms. The summed E-state index contributed by atoms with van der Waals surface area (Å²) in [4.78, 5) is 29.3. The van der Waals surface area contributed by atoms with Gasteiger partial charge in [-0.05, 0) is 24.6 Å². The molecule has 1 aliphatic rings. The summed E-state index contributed by atoms with van der Waals surface area (Å²) in [7, 11) is 0. The first-order valence-electron chi connectivity index (χ1n) is 9.02. The molecule has 3 amide bonds. The van der Waals surface area contributed by atoms with Crippen LogP contribution in [0.1, 0.15) is 29.8 Å². The first-order valence-corrected chi connectivity index (χ1v) is 9.77. The molecule has 0 saturated carbocycles. The summed E-state index contributed by atoms with van der Waals surface area (Å²) in [5, 5.41) is 4.70. The first kappa shape index (κ1) is 23.1. The van der Waals surface area contributed by atoms with E-state index in [-0.39, 0.29) is 35.1 Å². The molecule has 1 aromatic heterocycles. The number of nitrogens with zero attached hydrogens (tertiary/aromatic N) is 2. The highest BCUT2D eigenvalue weighted by molar-refractivity contribution is 6.42. The fourth-order valence-electron chi connectivity index (χ4n) is 3.11. The number of rotatable bonds is 3. The first-order chi connectivity index (χ1) is 14.5. The lowest BCUT2D eigenvalue weighted by molar-refractivity contribution is -0.141. The van der Waals surface area contributed by atoms with Crippen molar-refractivity contribution in [1.82, 2.24) is 20.5 Å². The highest BCUT2D eigenvalue weighted by atomic mass is 35.5. The maximum Gasteiger partial charge on any atom is 0.433 e. The summed E-state index contributed by atoms with van der Waals surface area (Å²) in [6.45, 7) is 1.94. The quantitative estimate of drug-likeness (QED) is 0.513. The zero-order chi connectivity index (χ0) is 22.9. The standard InChI is InChI=1S/C19H16Cl2F4N4O2/c1-9-17(30)26-6-7-29(9)18(31)28-16(11-3-4-12(20)14(21)15(11)22)10-2-5-13(27-8-10)19(23,24)25/h2-5,8-9,16H,6-7H2,1H3,(H,26,30)(H,28,31)/t9-,16?/m1/s1. The van der Waals surface area contributed by atoms with Gasteiger partial charge in [-0.15, -0.1) is 0 Å².